The molecule has 98 valence electrons. The van der Waals surface area contributed by atoms with Crippen molar-refractivity contribution in [3.63, 3.8) is 0 Å². The van der Waals surface area contributed by atoms with Crippen molar-refractivity contribution in [1.29, 1.82) is 0 Å². The Morgan fingerprint density at radius 2 is 2.24 bits per heavy atom. The summed E-state index contributed by atoms with van der Waals surface area (Å²) < 4.78 is 15.1. The third-order valence-corrected chi connectivity index (χ3v) is 2.85. The van der Waals surface area contributed by atoms with Gasteiger partial charge in [0, 0.05) is 11.0 Å². The molecule has 1 atom stereocenters. The molecule has 1 aliphatic heterocycles. The van der Waals surface area contributed by atoms with Crippen LogP contribution >= 0.6 is 0 Å². The Kier molecular flexibility index (Phi) is 5.11. The lowest BCUT2D eigenvalue weighted by Gasteiger charge is -2.40. The maximum atomic E-state index is 11.1. The molecule has 0 spiro atoms. The minimum Gasteiger partial charge on any atom is -0.457 e. The van der Waals surface area contributed by atoms with Gasteiger partial charge in [-0.15, -0.1) is 0 Å². The van der Waals surface area contributed by atoms with Crippen molar-refractivity contribution in [3.8, 4) is 0 Å². The molecular weight excluding hydrogens is 224 g/mol. The third-order valence-electron chi connectivity index (χ3n) is 2.85. The average Bonchev–Trinajstić information content (AvgIpc) is 2.24. The molecule has 0 bridgehead atoms. The first-order valence-corrected chi connectivity index (χ1v) is 5.69. The first kappa shape index (κ1) is 14.2. The fourth-order valence-corrected chi connectivity index (χ4v) is 1.37. The number of carbonyl (C=O) groups excluding carboxylic acids is 1. The number of hydrogen-bond acceptors (Lipinski definition) is 5. The fourth-order valence-electron chi connectivity index (χ4n) is 1.37. The molecule has 1 saturated heterocycles. The molecule has 17 heavy (non-hydrogen) atoms. The van der Waals surface area contributed by atoms with Crippen LogP contribution in [0.3, 0.4) is 0 Å². The van der Waals surface area contributed by atoms with Crippen LogP contribution in [0.25, 0.3) is 0 Å². The minimum absolute atomic E-state index is 0.0132. The number of aliphatic hydroxyl groups excluding tert-OH is 1. The normalized spacial score (nSPS) is 19.2. The molecule has 0 aliphatic carbocycles. The van der Waals surface area contributed by atoms with E-state index in [1.165, 1.54) is 0 Å². The number of carbonyl (C=O) groups is 1. The van der Waals surface area contributed by atoms with Crippen molar-refractivity contribution in [2.75, 3.05) is 26.4 Å². The Morgan fingerprint density at radius 1 is 1.59 bits per heavy atom. The van der Waals surface area contributed by atoms with Gasteiger partial charge in [0.15, 0.2) is 6.29 Å². The van der Waals surface area contributed by atoms with Gasteiger partial charge in [0.25, 0.3) is 0 Å². The van der Waals surface area contributed by atoms with E-state index in [4.69, 9.17) is 14.2 Å². The number of ether oxygens (including phenoxy) is 3. The molecule has 0 aromatic rings. The highest BCUT2D eigenvalue weighted by molar-refractivity contribution is 5.86. The van der Waals surface area contributed by atoms with Gasteiger partial charge in [-0.05, 0) is 13.3 Å². The lowest BCUT2D eigenvalue weighted by Crippen LogP contribution is -2.46. The highest BCUT2D eigenvalue weighted by Gasteiger charge is 2.37. The van der Waals surface area contributed by atoms with Crippen LogP contribution in [0.15, 0.2) is 12.2 Å². The number of esters is 1. The van der Waals surface area contributed by atoms with E-state index >= 15 is 0 Å². The van der Waals surface area contributed by atoms with Gasteiger partial charge in [0.05, 0.1) is 19.8 Å². The molecule has 0 aromatic carbocycles. The van der Waals surface area contributed by atoms with Gasteiger partial charge >= 0.3 is 5.97 Å². The molecule has 1 rings (SSSR count). The summed E-state index contributed by atoms with van der Waals surface area (Å²) in [6, 6.07) is 0. The van der Waals surface area contributed by atoms with E-state index in [2.05, 4.69) is 13.5 Å². The average molecular weight is 244 g/mol. The smallest absolute Gasteiger partial charge is 0.333 e. The van der Waals surface area contributed by atoms with Crippen molar-refractivity contribution in [2.45, 2.75) is 26.6 Å². The lowest BCUT2D eigenvalue weighted by molar-refractivity contribution is -0.206. The molecular formula is C12H20O5. The summed E-state index contributed by atoms with van der Waals surface area (Å²) in [6.45, 7) is 8.59. The predicted molar refractivity (Wildman–Crippen MR) is 61.3 cm³/mol. The minimum atomic E-state index is -1.10. The van der Waals surface area contributed by atoms with E-state index in [0.717, 1.165) is 6.42 Å². The summed E-state index contributed by atoms with van der Waals surface area (Å²) >= 11 is 0. The Hall–Kier alpha value is -0.910. The summed E-state index contributed by atoms with van der Waals surface area (Å²) in [4.78, 5) is 11.1. The molecule has 1 N–H and O–H groups in total. The molecule has 5 nitrogen and oxygen atoms in total. The Labute approximate surface area is 101 Å². The zero-order chi connectivity index (χ0) is 12.9. The largest absolute Gasteiger partial charge is 0.457 e. The van der Waals surface area contributed by atoms with E-state index in [1.54, 1.807) is 6.92 Å². The molecule has 0 saturated carbocycles. The summed E-state index contributed by atoms with van der Waals surface area (Å²) in [5, 5.41) is 9.49. The van der Waals surface area contributed by atoms with Crippen LogP contribution in [0, 0.1) is 5.41 Å². The first-order valence-electron chi connectivity index (χ1n) is 5.69. The van der Waals surface area contributed by atoms with E-state index in [-0.39, 0.29) is 12.0 Å². The number of hydrogen-bond donors (Lipinski definition) is 1. The van der Waals surface area contributed by atoms with Gasteiger partial charge in [0.1, 0.15) is 6.61 Å². The summed E-state index contributed by atoms with van der Waals surface area (Å²) in [5.74, 6) is -0.523. The molecule has 1 fully saturated rings. The van der Waals surface area contributed by atoms with Crippen molar-refractivity contribution < 1.29 is 24.1 Å². The second-order valence-corrected chi connectivity index (χ2v) is 4.49. The number of rotatable bonds is 7. The lowest BCUT2D eigenvalue weighted by atomic mass is 9.84. The summed E-state index contributed by atoms with van der Waals surface area (Å²) in [6.07, 6.45) is -0.159. The van der Waals surface area contributed by atoms with E-state index in [1.807, 2.05) is 0 Å². The molecule has 1 aliphatic rings. The van der Waals surface area contributed by atoms with Gasteiger partial charge in [-0.25, -0.2) is 4.79 Å². The van der Waals surface area contributed by atoms with Crippen molar-refractivity contribution in [1.82, 2.24) is 0 Å². The molecule has 0 amide bonds. The van der Waals surface area contributed by atoms with E-state index in [9.17, 15) is 9.90 Å². The molecule has 5 heteroatoms. The highest BCUT2D eigenvalue weighted by Crippen LogP contribution is 2.31. The van der Waals surface area contributed by atoms with Crippen molar-refractivity contribution >= 4 is 5.97 Å². The van der Waals surface area contributed by atoms with Crippen LogP contribution in [0.2, 0.25) is 0 Å². The zero-order valence-electron chi connectivity index (χ0n) is 10.4. The maximum absolute atomic E-state index is 11.1. The Morgan fingerprint density at radius 3 is 2.65 bits per heavy atom. The molecule has 0 aromatic heterocycles. The summed E-state index contributed by atoms with van der Waals surface area (Å²) in [7, 11) is 0. The molecule has 1 heterocycles. The number of aliphatic hydroxyl groups is 1. The maximum Gasteiger partial charge on any atom is 0.333 e. The molecule has 0 radical (unpaired) electrons. The SMILES string of the molecule is C=C(C)C(=O)OCC(O)OCC1(CC)COC1. The van der Waals surface area contributed by atoms with Crippen LogP contribution < -0.4 is 0 Å². The van der Waals surface area contributed by atoms with Crippen LogP contribution in [0.4, 0.5) is 0 Å². The van der Waals surface area contributed by atoms with Crippen LogP contribution in [-0.2, 0) is 19.0 Å². The molecule has 1 unspecified atom stereocenters. The fraction of sp³-hybridized carbons (Fsp3) is 0.750. The Bertz CT molecular complexity index is 277. The Balaban J connectivity index is 2.19. The van der Waals surface area contributed by atoms with Crippen LogP contribution in [0.5, 0.6) is 0 Å². The van der Waals surface area contributed by atoms with E-state index < -0.39 is 12.3 Å². The van der Waals surface area contributed by atoms with Gasteiger partial charge in [-0.2, -0.15) is 0 Å². The van der Waals surface area contributed by atoms with Gasteiger partial charge < -0.3 is 19.3 Å². The van der Waals surface area contributed by atoms with Gasteiger partial charge in [-0.3, -0.25) is 0 Å². The van der Waals surface area contributed by atoms with Gasteiger partial charge in [0.2, 0.25) is 0 Å². The summed E-state index contributed by atoms with van der Waals surface area (Å²) in [5.41, 5.74) is 0.314. The topological polar surface area (TPSA) is 65.0 Å². The standard InChI is InChI=1S/C12H20O5/c1-4-12(6-15-7-12)8-17-10(13)5-16-11(14)9(2)3/h10,13H,2,4-8H2,1,3H3. The quantitative estimate of drug-likeness (QED) is 0.409. The highest BCUT2D eigenvalue weighted by atomic mass is 16.6. The zero-order valence-corrected chi connectivity index (χ0v) is 10.4. The third kappa shape index (κ3) is 4.11. The van der Waals surface area contributed by atoms with Gasteiger partial charge in [-0.1, -0.05) is 13.5 Å². The van der Waals surface area contributed by atoms with E-state index in [0.29, 0.717) is 25.4 Å². The van der Waals surface area contributed by atoms with Crippen LogP contribution in [0.1, 0.15) is 20.3 Å². The second-order valence-electron chi connectivity index (χ2n) is 4.49. The van der Waals surface area contributed by atoms with Crippen molar-refractivity contribution in [2.24, 2.45) is 5.41 Å². The predicted octanol–water partition coefficient (Wildman–Crippen LogP) is 0.867. The van der Waals surface area contributed by atoms with Crippen LogP contribution in [-0.4, -0.2) is 43.8 Å². The monoisotopic (exact) mass is 244 g/mol. The second kappa shape index (κ2) is 6.14. The van der Waals surface area contributed by atoms with Crippen molar-refractivity contribution in [3.05, 3.63) is 12.2 Å². The first-order chi connectivity index (χ1) is 7.99.